The number of rotatable bonds is 5. The van der Waals surface area contributed by atoms with Crippen LogP contribution in [0.1, 0.15) is 32.3 Å². The number of hydrogen-bond acceptors (Lipinski definition) is 2. The first-order chi connectivity index (χ1) is 8.06. The van der Waals surface area contributed by atoms with E-state index in [2.05, 4.69) is 5.32 Å². The number of nitrogens with one attached hydrogen (secondary N) is 1. The highest BCUT2D eigenvalue weighted by Gasteiger charge is 2.20. The smallest absolute Gasteiger partial charge is 0.227 e. The molecule has 94 valence electrons. The Morgan fingerprint density at radius 1 is 1.24 bits per heavy atom. The predicted molar refractivity (Wildman–Crippen MR) is 68.7 cm³/mol. The van der Waals surface area contributed by atoms with Crippen molar-refractivity contribution in [2.24, 2.45) is 5.92 Å². The summed E-state index contributed by atoms with van der Waals surface area (Å²) in [7, 11) is 0. The van der Waals surface area contributed by atoms with E-state index in [-0.39, 0.29) is 30.4 Å². The van der Waals surface area contributed by atoms with Crippen molar-refractivity contribution in [3.05, 3.63) is 35.9 Å². The Morgan fingerprint density at radius 2 is 1.82 bits per heavy atom. The first-order valence-corrected chi connectivity index (χ1v) is 6.02. The lowest BCUT2D eigenvalue weighted by atomic mass is 9.98. The molecule has 0 aliphatic rings. The molecule has 0 aliphatic heterocycles. The van der Waals surface area contributed by atoms with Crippen LogP contribution in [0.5, 0.6) is 0 Å². The summed E-state index contributed by atoms with van der Waals surface area (Å²) in [5, 5.41) is 12.1. The fourth-order valence-corrected chi connectivity index (χ4v) is 1.62. The van der Waals surface area contributed by atoms with Gasteiger partial charge in [0.05, 0.1) is 18.6 Å². The molecule has 1 rings (SSSR count). The van der Waals surface area contributed by atoms with Crippen LogP contribution in [0.4, 0.5) is 0 Å². The van der Waals surface area contributed by atoms with Crippen LogP contribution in [0.3, 0.4) is 0 Å². The Hall–Kier alpha value is -1.35. The van der Waals surface area contributed by atoms with Gasteiger partial charge in [-0.05, 0) is 18.4 Å². The van der Waals surface area contributed by atoms with Gasteiger partial charge in [0, 0.05) is 0 Å². The molecule has 2 N–H and O–H groups in total. The summed E-state index contributed by atoms with van der Waals surface area (Å²) in [6, 6.07) is 9.48. The van der Waals surface area contributed by atoms with E-state index in [1.165, 1.54) is 0 Å². The van der Waals surface area contributed by atoms with E-state index in [0.717, 1.165) is 5.56 Å². The minimum atomic E-state index is -0.191. The van der Waals surface area contributed by atoms with Gasteiger partial charge in [0.15, 0.2) is 0 Å². The van der Waals surface area contributed by atoms with Gasteiger partial charge in [-0.1, -0.05) is 44.2 Å². The highest BCUT2D eigenvalue weighted by Crippen LogP contribution is 2.15. The number of aliphatic hydroxyl groups is 1. The second-order valence-corrected chi connectivity index (χ2v) is 4.67. The Bertz CT molecular complexity index is 348. The molecular weight excluding hydrogens is 214 g/mol. The minimum Gasteiger partial charge on any atom is -0.394 e. The highest BCUT2D eigenvalue weighted by molar-refractivity contribution is 5.83. The minimum absolute atomic E-state index is 0.0229. The summed E-state index contributed by atoms with van der Waals surface area (Å²) >= 11 is 0. The van der Waals surface area contributed by atoms with Crippen LogP contribution in [0, 0.1) is 5.92 Å². The van der Waals surface area contributed by atoms with Crippen LogP contribution >= 0.6 is 0 Å². The summed E-state index contributed by atoms with van der Waals surface area (Å²) in [6.07, 6.45) is 0. The van der Waals surface area contributed by atoms with Crippen molar-refractivity contribution >= 4 is 5.91 Å². The molecule has 1 amide bonds. The van der Waals surface area contributed by atoms with Gasteiger partial charge >= 0.3 is 0 Å². The molecule has 1 unspecified atom stereocenters. The molecule has 0 radical (unpaired) electrons. The Balaban J connectivity index is 2.64. The van der Waals surface area contributed by atoms with E-state index in [4.69, 9.17) is 0 Å². The molecule has 0 saturated heterocycles. The molecule has 0 aromatic heterocycles. The van der Waals surface area contributed by atoms with E-state index in [0.29, 0.717) is 0 Å². The molecule has 3 nitrogen and oxygen atoms in total. The zero-order valence-corrected chi connectivity index (χ0v) is 10.7. The lowest BCUT2D eigenvalue weighted by molar-refractivity contribution is -0.123. The fraction of sp³-hybridized carbons (Fsp3) is 0.500. The molecule has 0 saturated carbocycles. The average Bonchev–Trinajstić information content (AvgIpc) is 2.35. The molecule has 0 bridgehead atoms. The third-order valence-corrected chi connectivity index (χ3v) is 3.02. The molecule has 0 aliphatic carbocycles. The molecule has 0 spiro atoms. The number of amides is 1. The molecule has 0 fully saturated rings. The highest BCUT2D eigenvalue weighted by atomic mass is 16.3. The van der Waals surface area contributed by atoms with Crippen molar-refractivity contribution in [2.75, 3.05) is 6.61 Å². The lowest BCUT2D eigenvalue weighted by Crippen LogP contribution is -2.42. The van der Waals surface area contributed by atoms with Crippen molar-refractivity contribution in [1.29, 1.82) is 0 Å². The van der Waals surface area contributed by atoms with Crippen LogP contribution in [0.25, 0.3) is 0 Å². The predicted octanol–water partition coefficient (Wildman–Crippen LogP) is 1.92. The second-order valence-electron chi connectivity index (χ2n) is 4.67. The molecule has 3 heteroatoms. The van der Waals surface area contributed by atoms with Crippen LogP contribution in [0.15, 0.2) is 30.3 Å². The topological polar surface area (TPSA) is 49.3 Å². The van der Waals surface area contributed by atoms with Crippen molar-refractivity contribution in [3.63, 3.8) is 0 Å². The quantitative estimate of drug-likeness (QED) is 0.819. The van der Waals surface area contributed by atoms with Crippen LogP contribution in [-0.2, 0) is 4.79 Å². The van der Waals surface area contributed by atoms with E-state index in [1.807, 2.05) is 51.1 Å². The third-order valence-electron chi connectivity index (χ3n) is 3.02. The van der Waals surface area contributed by atoms with Crippen LogP contribution in [-0.4, -0.2) is 23.7 Å². The van der Waals surface area contributed by atoms with E-state index >= 15 is 0 Å². The van der Waals surface area contributed by atoms with Gasteiger partial charge in [0.1, 0.15) is 0 Å². The number of hydrogen-bond donors (Lipinski definition) is 2. The number of carbonyl (C=O) groups excluding carboxylic acids is 1. The number of carbonyl (C=O) groups is 1. The summed E-state index contributed by atoms with van der Waals surface area (Å²) in [5.74, 6) is -0.000117. The fourth-order valence-electron chi connectivity index (χ4n) is 1.62. The van der Waals surface area contributed by atoms with Crippen LogP contribution < -0.4 is 5.32 Å². The number of aliphatic hydroxyl groups excluding tert-OH is 1. The van der Waals surface area contributed by atoms with E-state index < -0.39 is 0 Å². The maximum absolute atomic E-state index is 12.0. The Kier molecular flexibility index (Phi) is 5.16. The average molecular weight is 235 g/mol. The first-order valence-electron chi connectivity index (χ1n) is 6.02. The monoisotopic (exact) mass is 235 g/mol. The molecule has 1 aromatic rings. The maximum Gasteiger partial charge on any atom is 0.227 e. The van der Waals surface area contributed by atoms with Gasteiger partial charge in [-0.15, -0.1) is 0 Å². The van der Waals surface area contributed by atoms with Gasteiger partial charge in [0.25, 0.3) is 0 Å². The zero-order valence-electron chi connectivity index (χ0n) is 10.7. The second kappa shape index (κ2) is 6.40. The third kappa shape index (κ3) is 3.86. The Morgan fingerprint density at radius 3 is 2.29 bits per heavy atom. The van der Waals surface area contributed by atoms with Gasteiger partial charge in [-0.25, -0.2) is 0 Å². The molecule has 0 heterocycles. The van der Waals surface area contributed by atoms with Gasteiger partial charge in [-0.2, -0.15) is 0 Å². The summed E-state index contributed by atoms with van der Waals surface area (Å²) in [4.78, 5) is 12.0. The van der Waals surface area contributed by atoms with Gasteiger partial charge in [0.2, 0.25) is 5.91 Å². The number of benzene rings is 1. The van der Waals surface area contributed by atoms with Crippen molar-refractivity contribution < 1.29 is 9.90 Å². The molecular formula is C14H21NO2. The van der Waals surface area contributed by atoms with Crippen molar-refractivity contribution in [2.45, 2.75) is 32.7 Å². The van der Waals surface area contributed by atoms with Crippen molar-refractivity contribution in [1.82, 2.24) is 5.32 Å². The lowest BCUT2D eigenvalue weighted by Gasteiger charge is -2.22. The van der Waals surface area contributed by atoms with Crippen molar-refractivity contribution in [3.8, 4) is 0 Å². The molecule has 17 heavy (non-hydrogen) atoms. The van der Waals surface area contributed by atoms with E-state index in [1.54, 1.807) is 0 Å². The van der Waals surface area contributed by atoms with Gasteiger partial charge < -0.3 is 10.4 Å². The van der Waals surface area contributed by atoms with Gasteiger partial charge in [-0.3, -0.25) is 4.79 Å². The molecule has 2 atom stereocenters. The van der Waals surface area contributed by atoms with Crippen LogP contribution in [0.2, 0.25) is 0 Å². The molecule has 1 aromatic carbocycles. The summed E-state index contributed by atoms with van der Waals surface area (Å²) in [6.45, 7) is 5.81. The van der Waals surface area contributed by atoms with E-state index in [9.17, 15) is 9.90 Å². The largest absolute Gasteiger partial charge is 0.394 e. The zero-order chi connectivity index (χ0) is 12.8. The standard InChI is InChI=1S/C14H21NO2/c1-10(2)13(9-16)15-14(17)11(3)12-7-5-4-6-8-12/h4-8,10-11,13,16H,9H2,1-3H3,(H,15,17)/t11?,13-/m1/s1. The summed E-state index contributed by atoms with van der Waals surface area (Å²) in [5.41, 5.74) is 0.991. The SMILES string of the molecule is CC(C(=O)N[C@H](CO)C(C)C)c1ccccc1. The normalized spacial score (nSPS) is 14.4. The maximum atomic E-state index is 12.0. The first kappa shape index (κ1) is 13.7. The Labute approximate surface area is 103 Å². The summed E-state index contributed by atoms with van der Waals surface area (Å²) < 4.78 is 0.